The van der Waals surface area contributed by atoms with Crippen LogP contribution >= 0.6 is 0 Å². The minimum Gasteiger partial charge on any atom is -0.495 e. The molecule has 1 saturated heterocycles. The third-order valence-corrected chi connectivity index (χ3v) is 6.37. The molecule has 1 aliphatic heterocycles. The highest BCUT2D eigenvalue weighted by Gasteiger charge is 2.28. The number of carbonyl (C=O) groups excluding carboxylic acids is 2. The molecule has 1 unspecified atom stereocenters. The molecule has 0 saturated carbocycles. The lowest BCUT2D eigenvalue weighted by atomic mass is 10.0. The van der Waals surface area contributed by atoms with Crippen LogP contribution in [0.15, 0.2) is 39.9 Å². The van der Waals surface area contributed by atoms with Gasteiger partial charge >= 0.3 is 11.7 Å². The Morgan fingerprint density at radius 1 is 1.14 bits per heavy atom. The first-order valence-corrected chi connectivity index (χ1v) is 11.5. The molecule has 1 aromatic carbocycles. The van der Waals surface area contributed by atoms with E-state index in [0.717, 1.165) is 23.8 Å². The number of aryl methyl sites for hydroxylation is 1. The second kappa shape index (κ2) is 9.73. The topological polar surface area (TPSA) is 113 Å². The lowest BCUT2D eigenvalue weighted by Gasteiger charge is -2.33. The number of ether oxygens (including phenoxy) is 2. The molecule has 3 heterocycles. The second-order valence-electron chi connectivity index (χ2n) is 8.61. The van der Waals surface area contributed by atoms with E-state index in [4.69, 9.17) is 9.47 Å². The number of para-hydroxylation sites is 2. The Hall–Kier alpha value is -3.95. The number of methoxy groups -OCH3 is 2. The SMILES string of the molecule is COC(=O)c1cc(C)nc2c1c(=O)n(CC(=O)N1CCCCC1C)c(=O)n2-c1ccccc1OC. The van der Waals surface area contributed by atoms with Crippen molar-refractivity contribution >= 4 is 22.9 Å². The van der Waals surface area contributed by atoms with Gasteiger partial charge in [-0.1, -0.05) is 12.1 Å². The Morgan fingerprint density at radius 3 is 2.57 bits per heavy atom. The summed E-state index contributed by atoms with van der Waals surface area (Å²) in [6.45, 7) is 3.71. The van der Waals surface area contributed by atoms with Gasteiger partial charge in [-0.25, -0.2) is 23.7 Å². The van der Waals surface area contributed by atoms with E-state index in [9.17, 15) is 19.2 Å². The number of piperidine rings is 1. The van der Waals surface area contributed by atoms with Crippen LogP contribution < -0.4 is 16.0 Å². The number of carbonyl (C=O) groups is 2. The highest BCUT2D eigenvalue weighted by atomic mass is 16.5. The number of pyridine rings is 1. The monoisotopic (exact) mass is 480 g/mol. The van der Waals surface area contributed by atoms with Crippen molar-refractivity contribution in [3.63, 3.8) is 0 Å². The van der Waals surface area contributed by atoms with Crippen molar-refractivity contribution in [1.82, 2.24) is 19.0 Å². The number of amides is 1. The highest BCUT2D eigenvalue weighted by Crippen LogP contribution is 2.25. The third kappa shape index (κ3) is 4.31. The van der Waals surface area contributed by atoms with Crippen molar-refractivity contribution in [3.05, 3.63) is 62.4 Å². The van der Waals surface area contributed by atoms with E-state index in [0.29, 0.717) is 23.7 Å². The summed E-state index contributed by atoms with van der Waals surface area (Å²) in [6, 6.07) is 8.21. The number of aromatic nitrogens is 3. The van der Waals surface area contributed by atoms with Gasteiger partial charge in [-0.15, -0.1) is 0 Å². The van der Waals surface area contributed by atoms with E-state index in [1.807, 2.05) is 6.92 Å². The molecular weight excluding hydrogens is 452 g/mol. The Kier molecular flexibility index (Phi) is 6.72. The van der Waals surface area contributed by atoms with Crippen molar-refractivity contribution in [1.29, 1.82) is 0 Å². The fourth-order valence-corrected chi connectivity index (χ4v) is 4.60. The van der Waals surface area contributed by atoms with Gasteiger partial charge in [0.2, 0.25) is 5.91 Å². The number of benzene rings is 1. The van der Waals surface area contributed by atoms with Crippen molar-refractivity contribution in [2.24, 2.45) is 0 Å². The maximum absolute atomic E-state index is 13.8. The number of fused-ring (bicyclic) bond motifs is 1. The number of hydrogen-bond acceptors (Lipinski definition) is 7. The second-order valence-corrected chi connectivity index (χ2v) is 8.61. The molecule has 10 nitrogen and oxygen atoms in total. The number of hydrogen-bond donors (Lipinski definition) is 0. The average molecular weight is 481 g/mol. The van der Waals surface area contributed by atoms with Gasteiger partial charge in [0.05, 0.1) is 30.9 Å². The molecule has 1 aliphatic rings. The van der Waals surface area contributed by atoms with E-state index in [1.165, 1.54) is 24.9 Å². The summed E-state index contributed by atoms with van der Waals surface area (Å²) in [5.41, 5.74) is -0.833. The summed E-state index contributed by atoms with van der Waals surface area (Å²) < 4.78 is 12.4. The zero-order valence-electron chi connectivity index (χ0n) is 20.2. The summed E-state index contributed by atoms with van der Waals surface area (Å²) in [5.74, 6) is -0.715. The highest BCUT2D eigenvalue weighted by molar-refractivity contribution is 6.02. The van der Waals surface area contributed by atoms with Crippen LogP contribution in [-0.4, -0.2) is 57.7 Å². The molecule has 0 radical (unpaired) electrons. The first-order valence-electron chi connectivity index (χ1n) is 11.5. The summed E-state index contributed by atoms with van der Waals surface area (Å²) in [4.78, 5) is 59.4. The van der Waals surface area contributed by atoms with Crippen LogP contribution in [0.5, 0.6) is 5.75 Å². The van der Waals surface area contributed by atoms with Gasteiger partial charge in [-0.3, -0.25) is 9.59 Å². The molecule has 0 bridgehead atoms. The molecule has 3 aromatic rings. The zero-order valence-corrected chi connectivity index (χ0v) is 20.2. The van der Waals surface area contributed by atoms with Gasteiger partial charge in [0.15, 0.2) is 5.65 Å². The van der Waals surface area contributed by atoms with Gasteiger partial charge in [0, 0.05) is 18.3 Å². The maximum atomic E-state index is 13.8. The zero-order chi connectivity index (χ0) is 25.3. The van der Waals surface area contributed by atoms with E-state index < -0.39 is 23.8 Å². The van der Waals surface area contributed by atoms with E-state index >= 15 is 0 Å². The molecule has 1 atom stereocenters. The van der Waals surface area contributed by atoms with Gasteiger partial charge in [0.1, 0.15) is 12.3 Å². The Balaban J connectivity index is 2.05. The normalized spacial score (nSPS) is 15.8. The number of nitrogens with zero attached hydrogens (tertiary/aromatic N) is 4. The Bertz CT molecular complexity index is 1420. The van der Waals surface area contributed by atoms with Crippen LogP contribution in [0.2, 0.25) is 0 Å². The molecule has 35 heavy (non-hydrogen) atoms. The van der Waals surface area contributed by atoms with Gasteiger partial charge in [-0.2, -0.15) is 0 Å². The molecule has 0 N–H and O–H groups in total. The van der Waals surface area contributed by atoms with E-state index in [1.54, 1.807) is 36.1 Å². The van der Waals surface area contributed by atoms with E-state index in [2.05, 4.69) is 4.98 Å². The summed E-state index contributed by atoms with van der Waals surface area (Å²) >= 11 is 0. The maximum Gasteiger partial charge on any atom is 0.338 e. The van der Waals surface area contributed by atoms with Gasteiger partial charge < -0.3 is 14.4 Å². The molecule has 1 amide bonds. The van der Waals surface area contributed by atoms with Crippen molar-refractivity contribution in [3.8, 4) is 11.4 Å². The van der Waals surface area contributed by atoms with Crippen molar-refractivity contribution in [2.75, 3.05) is 20.8 Å². The Labute approximate surface area is 201 Å². The molecule has 0 spiro atoms. The quantitative estimate of drug-likeness (QED) is 0.514. The summed E-state index contributed by atoms with van der Waals surface area (Å²) in [6.07, 6.45) is 2.75. The number of rotatable bonds is 5. The van der Waals surface area contributed by atoms with Crippen LogP contribution in [0, 0.1) is 6.92 Å². The molecule has 2 aromatic heterocycles. The van der Waals surface area contributed by atoms with Gasteiger partial charge in [0.25, 0.3) is 5.56 Å². The molecule has 0 aliphatic carbocycles. The molecule has 1 fully saturated rings. The number of likely N-dealkylation sites (tertiary alicyclic amines) is 1. The molecular formula is C25H28N4O6. The minimum atomic E-state index is -0.776. The Morgan fingerprint density at radius 2 is 1.89 bits per heavy atom. The molecule has 184 valence electrons. The molecule has 4 rings (SSSR count). The van der Waals surface area contributed by atoms with Crippen LogP contribution in [0.25, 0.3) is 16.7 Å². The van der Waals surface area contributed by atoms with Crippen LogP contribution in [-0.2, 0) is 16.1 Å². The average Bonchev–Trinajstić information content (AvgIpc) is 2.86. The van der Waals surface area contributed by atoms with Crippen LogP contribution in [0.4, 0.5) is 0 Å². The third-order valence-electron chi connectivity index (χ3n) is 6.37. The lowest BCUT2D eigenvalue weighted by molar-refractivity contribution is -0.135. The largest absolute Gasteiger partial charge is 0.495 e. The van der Waals surface area contributed by atoms with Crippen molar-refractivity contribution < 1.29 is 19.1 Å². The van der Waals surface area contributed by atoms with E-state index in [-0.39, 0.29) is 28.5 Å². The lowest BCUT2D eigenvalue weighted by Crippen LogP contribution is -2.48. The minimum absolute atomic E-state index is 0.0128. The molecule has 10 heteroatoms. The fraction of sp³-hybridized carbons (Fsp3) is 0.400. The van der Waals surface area contributed by atoms with Crippen LogP contribution in [0.3, 0.4) is 0 Å². The fourth-order valence-electron chi connectivity index (χ4n) is 4.60. The summed E-state index contributed by atoms with van der Waals surface area (Å²) in [7, 11) is 2.67. The number of esters is 1. The predicted octanol–water partition coefficient (Wildman–Crippen LogP) is 2.05. The standard InChI is InChI=1S/C25H28N4O6/c1-15-13-17(24(32)35-4)21-22(26-15)29(18-10-5-6-11-19(18)34-3)25(33)28(23(21)31)14-20(30)27-12-8-7-9-16(27)2/h5-6,10-11,13,16H,7-9,12,14H2,1-4H3. The predicted molar refractivity (Wildman–Crippen MR) is 129 cm³/mol. The summed E-state index contributed by atoms with van der Waals surface area (Å²) in [5, 5.41) is -0.104. The smallest absolute Gasteiger partial charge is 0.338 e. The van der Waals surface area contributed by atoms with Crippen molar-refractivity contribution in [2.45, 2.75) is 45.7 Å². The first kappa shape index (κ1) is 24.2. The first-order chi connectivity index (χ1) is 16.8. The van der Waals surface area contributed by atoms with Crippen LogP contribution in [0.1, 0.15) is 42.2 Å². The van der Waals surface area contributed by atoms with Gasteiger partial charge in [-0.05, 0) is 51.3 Å².